The Morgan fingerprint density at radius 2 is 1.92 bits per heavy atom. The topological polar surface area (TPSA) is 92.0 Å². The largest absolute Gasteiger partial charge is 0.516 e. The monoisotopic (exact) mass is 364 g/mol. The molecule has 0 unspecified atom stereocenters. The average Bonchev–Trinajstić information content (AvgIpc) is 3.07. The highest BCUT2D eigenvalue weighted by atomic mass is 16.7. The van der Waals surface area contributed by atoms with Crippen LogP contribution in [0.3, 0.4) is 0 Å². The molecule has 1 aromatic heterocycles. The lowest BCUT2D eigenvalue weighted by atomic mass is 10.1. The van der Waals surface area contributed by atoms with Gasteiger partial charge in [-0.3, -0.25) is 4.79 Å². The fourth-order valence-corrected chi connectivity index (χ4v) is 2.03. The summed E-state index contributed by atoms with van der Waals surface area (Å²) in [7, 11) is 0. The molecule has 1 atom stereocenters. The molecule has 1 aromatic rings. The van der Waals surface area contributed by atoms with Gasteiger partial charge in [0.2, 0.25) is 0 Å². The molecular weight excluding hydrogens is 340 g/mol. The first-order valence-corrected chi connectivity index (χ1v) is 8.40. The van der Waals surface area contributed by atoms with Crippen LogP contribution in [0.4, 0.5) is 4.79 Å². The number of ether oxygens (including phenoxy) is 3. The van der Waals surface area contributed by atoms with Gasteiger partial charge in [0, 0.05) is 12.0 Å². The van der Waals surface area contributed by atoms with Crippen molar-refractivity contribution in [2.75, 3.05) is 13.2 Å². The molecule has 0 saturated carbocycles. The van der Waals surface area contributed by atoms with E-state index in [2.05, 4.69) is 9.47 Å². The molecule has 0 fully saturated rings. The Bertz CT molecular complexity index is 641. The van der Waals surface area contributed by atoms with E-state index in [0.29, 0.717) is 6.42 Å². The van der Waals surface area contributed by atoms with Crippen molar-refractivity contribution < 1.29 is 33.0 Å². The van der Waals surface area contributed by atoms with Gasteiger partial charge in [-0.15, -0.1) is 0 Å². The molecular formula is C19H24O7. The summed E-state index contributed by atoms with van der Waals surface area (Å²) < 4.78 is 19.2. The lowest BCUT2D eigenvalue weighted by Gasteiger charge is -2.06. The van der Waals surface area contributed by atoms with Gasteiger partial charge in [-0.05, 0) is 31.9 Å². The van der Waals surface area contributed by atoms with E-state index in [0.717, 1.165) is 5.76 Å². The Morgan fingerprint density at radius 3 is 2.54 bits per heavy atom. The van der Waals surface area contributed by atoms with Gasteiger partial charge in [0.1, 0.15) is 5.76 Å². The fraction of sp³-hybridized carbons (Fsp3) is 0.421. The van der Waals surface area contributed by atoms with Crippen LogP contribution >= 0.6 is 0 Å². The molecule has 1 heterocycles. The number of carbonyl (C=O) groups is 3. The Hall–Kier alpha value is -2.83. The normalized spacial score (nSPS) is 12.7. The van der Waals surface area contributed by atoms with Gasteiger partial charge < -0.3 is 18.6 Å². The van der Waals surface area contributed by atoms with Crippen LogP contribution in [0, 0.1) is 5.92 Å². The summed E-state index contributed by atoms with van der Waals surface area (Å²) in [5.74, 6) is -0.515. The summed E-state index contributed by atoms with van der Waals surface area (Å²) in [5, 5.41) is 0. The zero-order chi connectivity index (χ0) is 19.4. The number of allylic oxidation sites excluding steroid dienone is 3. The summed E-state index contributed by atoms with van der Waals surface area (Å²) >= 11 is 0. The van der Waals surface area contributed by atoms with Crippen molar-refractivity contribution >= 4 is 18.1 Å². The van der Waals surface area contributed by atoms with Gasteiger partial charge in [-0.2, -0.15) is 0 Å². The molecule has 0 spiro atoms. The predicted octanol–water partition coefficient (Wildman–Crippen LogP) is 3.59. The van der Waals surface area contributed by atoms with Gasteiger partial charge in [-0.1, -0.05) is 25.2 Å². The van der Waals surface area contributed by atoms with Crippen molar-refractivity contribution in [3.05, 3.63) is 48.0 Å². The van der Waals surface area contributed by atoms with Crippen molar-refractivity contribution in [3.8, 4) is 0 Å². The molecule has 0 bridgehead atoms. The number of carbonyl (C=O) groups excluding carboxylic acids is 3. The van der Waals surface area contributed by atoms with Crippen LogP contribution in [-0.2, 0) is 30.2 Å². The van der Waals surface area contributed by atoms with Crippen molar-refractivity contribution in [3.63, 3.8) is 0 Å². The molecule has 0 aliphatic heterocycles. The quantitative estimate of drug-likeness (QED) is 0.286. The third-order valence-electron chi connectivity index (χ3n) is 3.17. The summed E-state index contributed by atoms with van der Waals surface area (Å²) in [6.45, 7) is 5.49. The maximum atomic E-state index is 12.0. The third kappa shape index (κ3) is 8.32. The molecule has 0 saturated heterocycles. The van der Waals surface area contributed by atoms with Gasteiger partial charge >= 0.3 is 18.1 Å². The Kier molecular flexibility index (Phi) is 9.53. The molecule has 0 aromatic carbocycles. The van der Waals surface area contributed by atoms with Crippen LogP contribution in [0.2, 0.25) is 0 Å². The molecule has 142 valence electrons. The van der Waals surface area contributed by atoms with Gasteiger partial charge in [0.15, 0.2) is 0 Å². The van der Waals surface area contributed by atoms with Crippen LogP contribution in [0.5, 0.6) is 0 Å². The molecule has 0 radical (unpaired) electrons. The number of esters is 2. The Morgan fingerprint density at radius 1 is 1.19 bits per heavy atom. The van der Waals surface area contributed by atoms with Crippen molar-refractivity contribution in [1.29, 1.82) is 0 Å². The van der Waals surface area contributed by atoms with Crippen LogP contribution < -0.4 is 0 Å². The van der Waals surface area contributed by atoms with Crippen molar-refractivity contribution in [1.82, 2.24) is 0 Å². The third-order valence-corrected chi connectivity index (χ3v) is 3.17. The standard InChI is InChI=1S/C19H24O7/c1-4-23-18(21)15(13-17(20)26-19(22)24-5-2)9-6-8-14(3)12-16-10-7-11-25-16/h6-11,14H,4-5,12-13H2,1-3H3/b8-6+,15-9+/t14-/m1/s1. The Balaban J connectivity index is 2.70. The van der Waals surface area contributed by atoms with Gasteiger partial charge in [0.05, 0.1) is 25.9 Å². The van der Waals surface area contributed by atoms with Crippen molar-refractivity contribution in [2.24, 2.45) is 5.92 Å². The highest BCUT2D eigenvalue weighted by Gasteiger charge is 2.18. The first kappa shape index (κ1) is 21.2. The molecule has 26 heavy (non-hydrogen) atoms. The molecule has 7 nitrogen and oxygen atoms in total. The molecule has 0 N–H and O–H groups in total. The average molecular weight is 364 g/mol. The van der Waals surface area contributed by atoms with E-state index in [-0.39, 0.29) is 24.7 Å². The van der Waals surface area contributed by atoms with E-state index in [1.165, 1.54) is 6.08 Å². The Labute approximate surface area is 152 Å². The van der Waals surface area contributed by atoms with E-state index < -0.39 is 24.5 Å². The van der Waals surface area contributed by atoms with E-state index in [1.807, 2.05) is 25.1 Å². The number of rotatable bonds is 9. The van der Waals surface area contributed by atoms with E-state index in [4.69, 9.17) is 9.15 Å². The highest BCUT2D eigenvalue weighted by molar-refractivity contribution is 5.95. The number of hydrogen-bond acceptors (Lipinski definition) is 7. The summed E-state index contributed by atoms with van der Waals surface area (Å²) in [4.78, 5) is 34.9. The first-order chi connectivity index (χ1) is 12.5. The zero-order valence-electron chi connectivity index (χ0n) is 15.2. The second-order valence-corrected chi connectivity index (χ2v) is 5.39. The smallest absolute Gasteiger partial charge is 0.469 e. The molecule has 0 amide bonds. The second kappa shape index (κ2) is 11.7. The highest BCUT2D eigenvalue weighted by Crippen LogP contribution is 2.12. The zero-order valence-corrected chi connectivity index (χ0v) is 15.2. The predicted molar refractivity (Wildman–Crippen MR) is 93.2 cm³/mol. The van der Waals surface area contributed by atoms with Gasteiger partial charge in [-0.25, -0.2) is 9.59 Å². The molecule has 0 aliphatic rings. The van der Waals surface area contributed by atoms with E-state index >= 15 is 0 Å². The van der Waals surface area contributed by atoms with Crippen LogP contribution in [0.1, 0.15) is 33.0 Å². The maximum Gasteiger partial charge on any atom is 0.516 e. The first-order valence-electron chi connectivity index (χ1n) is 8.40. The lowest BCUT2D eigenvalue weighted by molar-refractivity contribution is -0.143. The second-order valence-electron chi connectivity index (χ2n) is 5.39. The summed E-state index contributed by atoms with van der Waals surface area (Å²) in [6.07, 6.45) is 5.84. The fourth-order valence-electron chi connectivity index (χ4n) is 2.03. The van der Waals surface area contributed by atoms with E-state index in [1.54, 1.807) is 26.2 Å². The van der Waals surface area contributed by atoms with Crippen LogP contribution in [-0.4, -0.2) is 31.3 Å². The number of furan rings is 1. The molecule has 0 aliphatic carbocycles. The summed E-state index contributed by atoms with van der Waals surface area (Å²) in [6, 6.07) is 3.70. The summed E-state index contributed by atoms with van der Waals surface area (Å²) in [5.41, 5.74) is 0.0857. The lowest BCUT2D eigenvalue weighted by Crippen LogP contribution is -2.17. The minimum Gasteiger partial charge on any atom is -0.469 e. The molecule has 1 rings (SSSR count). The van der Waals surface area contributed by atoms with Crippen molar-refractivity contribution in [2.45, 2.75) is 33.6 Å². The van der Waals surface area contributed by atoms with Crippen LogP contribution in [0.15, 0.2) is 46.6 Å². The minimum absolute atomic E-state index is 0.0857. The van der Waals surface area contributed by atoms with Gasteiger partial charge in [0.25, 0.3) is 0 Å². The minimum atomic E-state index is -1.09. The number of hydrogen-bond donors (Lipinski definition) is 0. The van der Waals surface area contributed by atoms with E-state index in [9.17, 15) is 14.4 Å². The van der Waals surface area contributed by atoms with Crippen LogP contribution in [0.25, 0.3) is 0 Å². The maximum absolute atomic E-state index is 12.0. The molecule has 7 heteroatoms. The SMILES string of the molecule is CCOC(=O)OC(=O)C/C(=C\C=C\[C@@H](C)Cc1ccco1)C(=O)OCC.